The van der Waals surface area contributed by atoms with Gasteiger partial charge in [0, 0.05) is 11.1 Å². The van der Waals surface area contributed by atoms with Crippen molar-refractivity contribution in [3.63, 3.8) is 0 Å². The van der Waals surface area contributed by atoms with Gasteiger partial charge < -0.3 is 11.1 Å². The van der Waals surface area contributed by atoms with Crippen LogP contribution in [-0.2, 0) is 6.42 Å². The summed E-state index contributed by atoms with van der Waals surface area (Å²) in [5.74, 6) is 1.43. The molecule has 1 aromatic rings. The molecule has 0 aliphatic heterocycles. The normalized spacial score (nSPS) is 12.6. The molecule has 4 heteroatoms. The fourth-order valence-corrected chi connectivity index (χ4v) is 2.57. The third kappa shape index (κ3) is 4.17. The van der Waals surface area contributed by atoms with Crippen molar-refractivity contribution in [2.24, 2.45) is 5.41 Å². The molecule has 3 N–H and O–H groups in total. The summed E-state index contributed by atoms with van der Waals surface area (Å²) < 4.78 is 0. The number of hydrogen-bond acceptors (Lipinski definition) is 4. The third-order valence-electron chi connectivity index (χ3n) is 2.76. The molecule has 0 bridgehead atoms. The summed E-state index contributed by atoms with van der Waals surface area (Å²) in [7, 11) is 0. The number of nitrogens with zero attached hydrogens (tertiary/aromatic N) is 2. The third-order valence-corrected chi connectivity index (χ3v) is 2.76. The van der Waals surface area contributed by atoms with Gasteiger partial charge in [0.25, 0.3) is 0 Å². The molecule has 0 fully saturated rings. The Morgan fingerprint density at radius 1 is 1.17 bits per heavy atom. The summed E-state index contributed by atoms with van der Waals surface area (Å²) in [5, 5.41) is 3.50. The topological polar surface area (TPSA) is 63.8 Å². The molecule has 0 aliphatic rings. The van der Waals surface area contributed by atoms with Gasteiger partial charge in [-0.15, -0.1) is 0 Å². The van der Waals surface area contributed by atoms with Crippen molar-refractivity contribution in [1.82, 2.24) is 9.97 Å². The number of nitrogens with two attached hydrogens (primary N) is 1. The van der Waals surface area contributed by atoms with Gasteiger partial charge >= 0.3 is 0 Å². The predicted octanol–water partition coefficient (Wildman–Crippen LogP) is 3.25. The molecule has 0 unspecified atom stereocenters. The van der Waals surface area contributed by atoms with E-state index < -0.39 is 0 Å². The summed E-state index contributed by atoms with van der Waals surface area (Å²) in [6, 6.07) is 0. The molecule has 0 spiro atoms. The van der Waals surface area contributed by atoms with E-state index >= 15 is 0 Å². The molecule has 0 amide bonds. The molecule has 4 nitrogen and oxygen atoms in total. The van der Waals surface area contributed by atoms with Crippen molar-refractivity contribution < 1.29 is 0 Å². The zero-order valence-electron chi connectivity index (χ0n) is 12.5. The van der Waals surface area contributed by atoms with Gasteiger partial charge in [-0.25, -0.2) is 9.97 Å². The van der Waals surface area contributed by atoms with Crippen molar-refractivity contribution in [1.29, 1.82) is 0 Å². The second kappa shape index (κ2) is 5.12. The molecule has 18 heavy (non-hydrogen) atoms. The summed E-state index contributed by atoms with van der Waals surface area (Å²) in [6.07, 6.45) is 3.40. The molecular weight excluding hydrogens is 224 g/mol. The summed E-state index contributed by atoms with van der Waals surface area (Å²) >= 11 is 0. The van der Waals surface area contributed by atoms with Crippen LogP contribution in [0.15, 0.2) is 6.33 Å². The first-order valence-corrected chi connectivity index (χ1v) is 6.52. The SMILES string of the molecule is CCc1c(N)ncnc1NC(C)(C)CC(C)(C)C. The van der Waals surface area contributed by atoms with Crippen LogP contribution in [0.1, 0.15) is 53.5 Å². The van der Waals surface area contributed by atoms with Crippen LogP contribution >= 0.6 is 0 Å². The highest BCUT2D eigenvalue weighted by molar-refractivity contribution is 5.55. The zero-order valence-corrected chi connectivity index (χ0v) is 12.5. The summed E-state index contributed by atoms with van der Waals surface area (Å²) in [4.78, 5) is 8.37. The van der Waals surface area contributed by atoms with Crippen molar-refractivity contribution in [2.45, 2.75) is 59.9 Å². The minimum Gasteiger partial charge on any atom is -0.383 e. The van der Waals surface area contributed by atoms with Crippen LogP contribution in [0.25, 0.3) is 0 Å². The van der Waals surface area contributed by atoms with Crippen molar-refractivity contribution >= 4 is 11.6 Å². The lowest BCUT2D eigenvalue weighted by Crippen LogP contribution is -2.36. The lowest BCUT2D eigenvalue weighted by Gasteiger charge is -2.34. The van der Waals surface area contributed by atoms with Crippen LogP contribution in [0.2, 0.25) is 0 Å². The van der Waals surface area contributed by atoms with Crippen LogP contribution in [0.3, 0.4) is 0 Å². The minimum atomic E-state index is -0.0248. The lowest BCUT2D eigenvalue weighted by molar-refractivity contribution is 0.302. The summed E-state index contributed by atoms with van der Waals surface area (Å²) in [5.41, 5.74) is 7.13. The van der Waals surface area contributed by atoms with Gasteiger partial charge in [-0.05, 0) is 32.1 Å². The van der Waals surface area contributed by atoms with Crippen LogP contribution in [-0.4, -0.2) is 15.5 Å². The maximum atomic E-state index is 5.89. The van der Waals surface area contributed by atoms with E-state index in [2.05, 4.69) is 56.8 Å². The van der Waals surface area contributed by atoms with Crippen molar-refractivity contribution in [3.8, 4) is 0 Å². The molecule has 0 aromatic carbocycles. The first kappa shape index (κ1) is 14.7. The lowest BCUT2D eigenvalue weighted by atomic mass is 9.82. The van der Waals surface area contributed by atoms with E-state index in [1.54, 1.807) is 0 Å². The minimum absolute atomic E-state index is 0.0248. The van der Waals surface area contributed by atoms with E-state index in [4.69, 9.17) is 5.73 Å². The molecule has 102 valence electrons. The van der Waals surface area contributed by atoms with E-state index in [1.165, 1.54) is 6.33 Å². The quantitative estimate of drug-likeness (QED) is 0.861. The molecule has 1 heterocycles. The Kier molecular flexibility index (Phi) is 4.20. The number of nitrogen functional groups attached to an aromatic ring is 1. The molecular formula is C14H26N4. The molecule has 1 rings (SSSR count). The number of hydrogen-bond donors (Lipinski definition) is 2. The smallest absolute Gasteiger partial charge is 0.135 e. The highest BCUT2D eigenvalue weighted by Gasteiger charge is 2.26. The van der Waals surface area contributed by atoms with E-state index in [9.17, 15) is 0 Å². The molecule has 0 atom stereocenters. The van der Waals surface area contributed by atoms with Gasteiger partial charge in [-0.1, -0.05) is 27.7 Å². The van der Waals surface area contributed by atoms with Crippen molar-refractivity contribution in [2.75, 3.05) is 11.1 Å². The zero-order chi connectivity index (χ0) is 14.0. The van der Waals surface area contributed by atoms with E-state index in [0.717, 1.165) is 24.2 Å². The number of rotatable bonds is 4. The van der Waals surface area contributed by atoms with Crippen molar-refractivity contribution in [3.05, 3.63) is 11.9 Å². The van der Waals surface area contributed by atoms with Gasteiger partial charge in [-0.3, -0.25) is 0 Å². The first-order valence-electron chi connectivity index (χ1n) is 6.52. The largest absolute Gasteiger partial charge is 0.383 e. The number of aromatic nitrogens is 2. The number of nitrogens with one attached hydrogen (secondary N) is 1. The maximum Gasteiger partial charge on any atom is 0.135 e. The van der Waals surface area contributed by atoms with Crippen LogP contribution in [0, 0.1) is 5.41 Å². The van der Waals surface area contributed by atoms with Gasteiger partial charge in [0.15, 0.2) is 0 Å². The van der Waals surface area contributed by atoms with Crippen LogP contribution in [0.5, 0.6) is 0 Å². The Balaban J connectivity index is 2.93. The average molecular weight is 250 g/mol. The highest BCUT2D eigenvalue weighted by atomic mass is 15.1. The molecule has 0 aliphatic carbocycles. The first-order chi connectivity index (χ1) is 8.14. The van der Waals surface area contributed by atoms with Gasteiger partial charge in [-0.2, -0.15) is 0 Å². The van der Waals surface area contributed by atoms with E-state index in [-0.39, 0.29) is 11.0 Å². The highest BCUT2D eigenvalue weighted by Crippen LogP contribution is 2.30. The van der Waals surface area contributed by atoms with E-state index in [1.807, 2.05) is 0 Å². The Morgan fingerprint density at radius 3 is 2.28 bits per heavy atom. The molecule has 1 aromatic heterocycles. The number of anilines is 2. The van der Waals surface area contributed by atoms with Crippen LogP contribution in [0.4, 0.5) is 11.6 Å². The Hall–Kier alpha value is -1.32. The monoisotopic (exact) mass is 250 g/mol. The molecule has 0 radical (unpaired) electrons. The van der Waals surface area contributed by atoms with Gasteiger partial charge in [0.2, 0.25) is 0 Å². The van der Waals surface area contributed by atoms with Crippen LogP contribution < -0.4 is 11.1 Å². The van der Waals surface area contributed by atoms with Gasteiger partial charge in [0.05, 0.1) is 0 Å². The summed E-state index contributed by atoms with van der Waals surface area (Å²) in [6.45, 7) is 13.2. The Labute approximate surface area is 110 Å². The maximum absolute atomic E-state index is 5.89. The molecule has 0 saturated carbocycles. The fraction of sp³-hybridized carbons (Fsp3) is 0.714. The van der Waals surface area contributed by atoms with Gasteiger partial charge in [0.1, 0.15) is 18.0 Å². The fourth-order valence-electron chi connectivity index (χ4n) is 2.57. The second-order valence-corrected chi connectivity index (χ2v) is 6.69. The molecule has 0 saturated heterocycles. The second-order valence-electron chi connectivity index (χ2n) is 6.69. The predicted molar refractivity (Wildman–Crippen MR) is 77.6 cm³/mol. The van der Waals surface area contributed by atoms with E-state index in [0.29, 0.717) is 5.82 Å². The Morgan fingerprint density at radius 2 is 1.78 bits per heavy atom. The average Bonchev–Trinajstić information content (AvgIpc) is 2.13. The Bertz CT molecular complexity index is 405. The standard InChI is InChI=1S/C14H26N4/c1-7-10-11(15)16-9-17-12(10)18-14(5,6)8-13(2,3)4/h9H,7-8H2,1-6H3,(H3,15,16,17,18).